The zero-order chi connectivity index (χ0) is 17.7. The quantitative estimate of drug-likeness (QED) is 0.608. The predicted molar refractivity (Wildman–Crippen MR) is 95.0 cm³/mol. The normalized spacial score (nSPS) is 35.6. The average Bonchev–Trinajstić information content (AvgIpc) is 2.51. The van der Waals surface area contributed by atoms with Crippen molar-refractivity contribution in [3.63, 3.8) is 0 Å². The van der Waals surface area contributed by atoms with Gasteiger partial charge in [-0.2, -0.15) is 0 Å². The van der Waals surface area contributed by atoms with Crippen LogP contribution in [-0.4, -0.2) is 29.9 Å². The molecule has 4 fully saturated rings. The van der Waals surface area contributed by atoms with Gasteiger partial charge in [0.15, 0.2) is 5.75 Å². The molecule has 0 aromatic heterocycles. The van der Waals surface area contributed by atoms with Gasteiger partial charge in [0.2, 0.25) is 0 Å². The molecule has 4 saturated carbocycles. The van der Waals surface area contributed by atoms with Crippen LogP contribution in [0.5, 0.6) is 5.75 Å². The van der Waals surface area contributed by atoms with Gasteiger partial charge in [-0.1, -0.05) is 29.3 Å². The van der Waals surface area contributed by atoms with Crippen LogP contribution in [0.15, 0.2) is 18.2 Å². The molecule has 4 aliphatic carbocycles. The van der Waals surface area contributed by atoms with Gasteiger partial charge in [0.25, 0.3) is 0 Å². The Morgan fingerprint density at radius 3 is 2.36 bits per heavy atom. The van der Waals surface area contributed by atoms with Gasteiger partial charge in [0.05, 0.1) is 21.1 Å². The second-order valence-electron chi connectivity index (χ2n) is 8.00. The number of hydrogen-bond donors (Lipinski definition) is 1. The number of para-hydroxylation sites is 1. The summed E-state index contributed by atoms with van der Waals surface area (Å²) >= 11 is 12.1. The maximum atomic E-state index is 12.7. The lowest BCUT2D eigenvalue weighted by Gasteiger charge is -2.58. The Balaban J connectivity index is 1.34. The smallest absolute Gasteiger partial charge is 0.312 e. The summed E-state index contributed by atoms with van der Waals surface area (Å²) in [5, 5.41) is 11.6. The van der Waals surface area contributed by atoms with Gasteiger partial charge >= 0.3 is 5.97 Å². The van der Waals surface area contributed by atoms with Crippen LogP contribution in [0.1, 0.15) is 38.5 Å². The highest BCUT2D eigenvalue weighted by Crippen LogP contribution is 2.61. The molecular formula is C19H22Cl2O4. The summed E-state index contributed by atoms with van der Waals surface area (Å²) in [6, 6.07) is 5.14. The van der Waals surface area contributed by atoms with E-state index in [9.17, 15) is 9.90 Å². The molecule has 0 saturated heterocycles. The van der Waals surface area contributed by atoms with E-state index in [1.54, 1.807) is 18.2 Å². The number of halogens is 2. The molecule has 136 valence electrons. The molecular weight excluding hydrogens is 363 g/mol. The lowest BCUT2D eigenvalue weighted by atomic mass is 9.48. The van der Waals surface area contributed by atoms with Crippen LogP contribution in [0.2, 0.25) is 10.0 Å². The molecule has 1 aromatic rings. The molecule has 25 heavy (non-hydrogen) atoms. The summed E-state index contributed by atoms with van der Waals surface area (Å²) in [6.45, 7) is 0.346. The number of carbonyl (C=O) groups is 1. The maximum Gasteiger partial charge on any atom is 0.312 e. The van der Waals surface area contributed by atoms with Crippen molar-refractivity contribution in [2.75, 3.05) is 13.2 Å². The molecule has 1 aromatic carbocycles. The number of carbonyl (C=O) groups excluding carboxylic acids is 1. The van der Waals surface area contributed by atoms with E-state index in [1.165, 1.54) is 0 Å². The Labute approximate surface area is 157 Å². The predicted octanol–water partition coefficient (Wildman–Crippen LogP) is 4.25. The lowest BCUT2D eigenvalue weighted by Crippen LogP contribution is -2.58. The fraction of sp³-hybridized carbons (Fsp3) is 0.632. The van der Waals surface area contributed by atoms with Gasteiger partial charge in [-0.15, -0.1) is 0 Å². The van der Waals surface area contributed by atoms with Crippen molar-refractivity contribution >= 4 is 29.2 Å². The molecule has 2 unspecified atom stereocenters. The van der Waals surface area contributed by atoms with Crippen LogP contribution >= 0.6 is 23.2 Å². The van der Waals surface area contributed by atoms with E-state index in [0.717, 1.165) is 32.1 Å². The molecule has 0 amide bonds. The molecule has 2 atom stereocenters. The van der Waals surface area contributed by atoms with Crippen LogP contribution < -0.4 is 4.74 Å². The van der Waals surface area contributed by atoms with Gasteiger partial charge in [0, 0.05) is 0 Å². The highest BCUT2D eigenvalue weighted by molar-refractivity contribution is 6.37. The van der Waals surface area contributed by atoms with Gasteiger partial charge in [-0.25, -0.2) is 0 Å². The minimum absolute atomic E-state index is 0.149. The number of benzene rings is 1. The average molecular weight is 385 g/mol. The van der Waals surface area contributed by atoms with Crippen molar-refractivity contribution in [3.05, 3.63) is 28.2 Å². The largest absolute Gasteiger partial charge is 0.487 e. The third kappa shape index (κ3) is 3.24. The molecule has 4 aliphatic rings. The summed E-state index contributed by atoms with van der Waals surface area (Å²) in [7, 11) is 0. The van der Waals surface area contributed by atoms with Crippen LogP contribution in [0.4, 0.5) is 0 Å². The molecule has 6 heteroatoms. The number of rotatable bonds is 5. The molecule has 4 nitrogen and oxygen atoms in total. The molecule has 4 bridgehead atoms. The second-order valence-corrected chi connectivity index (χ2v) is 8.82. The van der Waals surface area contributed by atoms with Crippen LogP contribution in [0, 0.1) is 17.3 Å². The summed E-state index contributed by atoms with van der Waals surface area (Å²) < 4.78 is 11.1. The third-order valence-corrected chi connectivity index (χ3v) is 6.54. The maximum absolute atomic E-state index is 12.7. The van der Waals surface area contributed by atoms with E-state index in [4.69, 9.17) is 32.7 Å². The van der Waals surface area contributed by atoms with Gasteiger partial charge in [-0.05, 0) is 62.5 Å². The van der Waals surface area contributed by atoms with Crippen LogP contribution in [0.3, 0.4) is 0 Å². The van der Waals surface area contributed by atoms with Gasteiger partial charge < -0.3 is 14.6 Å². The topological polar surface area (TPSA) is 55.8 Å². The van der Waals surface area contributed by atoms with E-state index < -0.39 is 11.0 Å². The Bertz CT molecular complexity index is 656. The van der Waals surface area contributed by atoms with E-state index in [-0.39, 0.29) is 19.2 Å². The van der Waals surface area contributed by atoms with Crippen LogP contribution in [0.25, 0.3) is 0 Å². The summed E-state index contributed by atoms with van der Waals surface area (Å²) in [4.78, 5) is 12.7. The zero-order valence-corrected chi connectivity index (χ0v) is 15.5. The van der Waals surface area contributed by atoms with E-state index >= 15 is 0 Å². The van der Waals surface area contributed by atoms with E-state index in [2.05, 4.69) is 0 Å². The Kier molecular flexibility index (Phi) is 4.41. The summed E-state index contributed by atoms with van der Waals surface area (Å²) in [5.74, 6) is 1.13. The standard InChI is InChI=1S/C19H22Cl2O4/c20-14-2-1-3-15(21)16(14)24-4-5-25-17(22)18-7-12-6-13(8-18)10-19(23,9-12)11-18/h1-3,12-13,23H,4-11H2. The minimum Gasteiger partial charge on any atom is -0.487 e. The lowest BCUT2D eigenvalue weighted by molar-refractivity contribution is -0.196. The number of aliphatic hydroxyl groups is 1. The van der Waals surface area contributed by atoms with Gasteiger partial charge in [-0.3, -0.25) is 4.79 Å². The molecule has 0 aliphatic heterocycles. The first-order valence-corrected chi connectivity index (χ1v) is 9.61. The fourth-order valence-corrected chi connectivity index (χ4v) is 6.01. The Morgan fingerprint density at radius 1 is 1.12 bits per heavy atom. The molecule has 0 spiro atoms. The first kappa shape index (κ1) is 17.4. The van der Waals surface area contributed by atoms with Crippen molar-refractivity contribution in [2.45, 2.75) is 44.1 Å². The van der Waals surface area contributed by atoms with Crippen molar-refractivity contribution < 1.29 is 19.4 Å². The van der Waals surface area contributed by atoms with Crippen molar-refractivity contribution in [3.8, 4) is 5.75 Å². The third-order valence-electron chi connectivity index (χ3n) is 5.95. The zero-order valence-electron chi connectivity index (χ0n) is 14.0. The number of ether oxygens (including phenoxy) is 2. The van der Waals surface area contributed by atoms with Crippen molar-refractivity contribution in [2.24, 2.45) is 17.3 Å². The molecule has 0 radical (unpaired) electrons. The minimum atomic E-state index is -0.662. The number of hydrogen-bond acceptors (Lipinski definition) is 4. The van der Waals surface area contributed by atoms with E-state index in [1.807, 2.05) is 0 Å². The monoisotopic (exact) mass is 384 g/mol. The summed E-state index contributed by atoms with van der Waals surface area (Å²) in [5.41, 5.74) is -1.16. The highest BCUT2D eigenvalue weighted by Gasteiger charge is 2.60. The SMILES string of the molecule is O=C(OCCOc1c(Cl)cccc1Cl)C12CC3CC(CC(O)(C3)C1)C2. The first-order chi connectivity index (χ1) is 11.9. The molecule has 1 N–H and O–H groups in total. The van der Waals surface area contributed by atoms with Crippen molar-refractivity contribution in [1.82, 2.24) is 0 Å². The highest BCUT2D eigenvalue weighted by atomic mass is 35.5. The van der Waals surface area contributed by atoms with Crippen molar-refractivity contribution in [1.29, 1.82) is 0 Å². The second kappa shape index (κ2) is 6.33. The Hall–Kier alpha value is -0.970. The summed E-state index contributed by atoms with van der Waals surface area (Å²) in [6.07, 6.45) is 5.07. The van der Waals surface area contributed by atoms with E-state index in [0.29, 0.717) is 34.1 Å². The van der Waals surface area contributed by atoms with Crippen LogP contribution in [-0.2, 0) is 9.53 Å². The molecule has 5 rings (SSSR count). The fourth-order valence-electron chi connectivity index (χ4n) is 5.50. The Morgan fingerprint density at radius 2 is 1.76 bits per heavy atom. The first-order valence-electron chi connectivity index (χ1n) is 8.86. The van der Waals surface area contributed by atoms with Gasteiger partial charge in [0.1, 0.15) is 13.2 Å². The number of esters is 1. The molecule has 0 heterocycles.